The summed E-state index contributed by atoms with van der Waals surface area (Å²) in [7, 11) is 0. The van der Waals surface area contributed by atoms with Crippen molar-refractivity contribution in [3.8, 4) is 0 Å². The fourth-order valence-electron chi connectivity index (χ4n) is 8.97. The van der Waals surface area contributed by atoms with E-state index in [1.807, 2.05) is 0 Å². The zero-order chi connectivity index (χ0) is 55.0. The second-order valence-corrected chi connectivity index (χ2v) is 21.3. The predicted molar refractivity (Wildman–Crippen MR) is 330 cm³/mol. The van der Waals surface area contributed by atoms with E-state index >= 15 is 0 Å². The van der Waals surface area contributed by atoms with Crippen LogP contribution >= 0.6 is 0 Å². The zero-order valence-corrected chi connectivity index (χ0v) is 50.0. The molecule has 0 rings (SSSR count). The molecule has 0 amide bonds. The summed E-state index contributed by atoms with van der Waals surface area (Å²) < 4.78 is 16.9. The summed E-state index contributed by atoms with van der Waals surface area (Å²) in [5, 5.41) is 0. The Bertz CT molecular complexity index is 1490. The molecular weight excluding hydrogens is 937 g/mol. The first-order valence-electron chi connectivity index (χ1n) is 32.2. The fourth-order valence-corrected chi connectivity index (χ4v) is 8.97. The van der Waals surface area contributed by atoms with Crippen molar-refractivity contribution in [1.29, 1.82) is 0 Å². The van der Waals surface area contributed by atoms with Crippen molar-refractivity contribution in [2.45, 2.75) is 316 Å². The first-order valence-corrected chi connectivity index (χ1v) is 32.2. The van der Waals surface area contributed by atoms with Gasteiger partial charge in [0.2, 0.25) is 0 Å². The van der Waals surface area contributed by atoms with E-state index in [-0.39, 0.29) is 31.1 Å². The van der Waals surface area contributed by atoms with Gasteiger partial charge < -0.3 is 14.2 Å². The SMILES string of the molecule is CC/C=C\C/C=C\C/C=C\C/C=C\C/C=C\C/C=C\CCCCCCCCC(=O)OCC(COC(=O)CCCCCCC/C=C\CCC)OC(=O)CCCCCCCCCCCCC/C=C\CCCCCCCCCC. The Morgan fingerprint density at radius 3 is 0.868 bits per heavy atom. The number of rotatable bonds is 58. The molecule has 0 N–H and O–H groups in total. The number of hydrogen-bond donors (Lipinski definition) is 0. The Morgan fingerprint density at radius 2 is 0.539 bits per heavy atom. The van der Waals surface area contributed by atoms with Gasteiger partial charge in [-0.15, -0.1) is 0 Å². The van der Waals surface area contributed by atoms with E-state index in [0.717, 1.165) is 122 Å². The van der Waals surface area contributed by atoms with Crippen LogP contribution in [0.25, 0.3) is 0 Å². The van der Waals surface area contributed by atoms with Gasteiger partial charge in [-0.05, 0) is 116 Å². The van der Waals surface area contributed by atoms with E-state index in [0.29, 0.717) is 19.3 Å². The summed E-state index contributed by atoms with van der Waals surface area (Å²) >= 11 is 0. The molecule has 6 heteroatoms. The summed E-state index contributed by atoms with van der Waals surface area (Å²) in [4.78, 5) is 38.2. The molecule has 0 saturated heterocycles. The van der Waals surface area contributed by atoms with Crippen molar-refractivity contribution in [3.63, 3.8) is 0 Å². The molecule has 0 spiro atoms. The Hall–Kier alpha value is -3.67. The molecule has 6 nitrogen and oxygen atoms in total. The van der Waals surface area contributed by atoms with Crippen molar-refractivity contribution in [3.05, 3.63) is 97.2 Å². The van der Waals surface area contributed by atoms with Crippen molar-refractivity contribution < 1.29 is 28.6 Å². The Labute approximate surface area is 470 Å². The molecule has 1 atom stereocenters. The van der Waals surface area contributed by atoms with Crippen LogP contribution in [0.2, 0.25) is 0 Å². The van der Waals surface area contributed by atoms with Crippen LogP contribution in [0, 0.1) is 0 Å². The third kappa shape index (κ3) is 61.2. The summed E-state index contributed by atoms with van der Waals surface area (Å²) in [6, 6.07) is 0. The maximum Gasteiger partial charge on any atom is 0.306 e. The molecule has 436 valence electrons. The number of carbonyl (C=O) groups excluding carboxylic acids is 3. The molecule has 76 heavy (non-hydrogen) atoms. The summed E-state index contributed by atoms with van der Waals surface area (Å²) in [5.41, 5.74) is 0. The largest absolute Gasteiger partial charge is 0.462 e. The van der Waals surface area contributed by atoms with E-state index in [9.17, 15) is 14.4 Å². The lowest BCUT2D eigenvalue weighted by Crippen LogP contribution is -2.30. The molecule has 0 bridgehead atoms. The molecule has 0 aromatic rings. The summed E-state index contributed by atoms with van der Waals surface area (Å²) in [6.07, 6.45) is 85.7. The van der Waals surface area contributed by atoms with Crippen LogP contribution in [0.1, 0.15) is 310 Å². The highest BCUT2D eigenvalue weighted by Gasteiger charge is 2.19. The molecule has 0 aromatic carbocycles. The third-order valence-electron chi connectivity index (χ3n) is 13.8. The minimum atomic E-state index is -0.789. The van der Waals surface area contributed by atoms with Crippen LogP contribution in [0.5, 0.6) is 0 Å². The number of hydrogen-bond acceptors (Lipinski definition) is 6. The minimum Gasteiger partial charge on any atom is -0.462 e. The summed E-state index contributed by atoms with van der Waals surface area (Å²) in [5.74, 6) is -0.904. The van der Waals surface area contributed by atoms with Crippen LogP contribution in [0.15, 0.2) is 97.2 Å². The molecule has 0 saturated carbocycles. The van der Waals surface area contributed by atoms with E-state index in [2.05, 4.69) is 118 Å². The molecule has 0 fully saturated rings. The van der Waals surface area contributed by atoms with Gasteiger partial charge >= 0.3 is 17.9 Å². The van der Waals surface area contributed by atoms with E-state index in [1.54, 1.807) is 0 Å². The first-order chi connectivity index (χ1) is 37.5. The molecule has 0 aromatic heterocycles. The van der Waals surface area contributed by atoms with Crippen LogP contribution in [-0.4, -0.2) is 37.2 Å². The second kappa shape index (κ2) is 63.9. The van der Waals surface area contributed by atoms with Crippen molar-refractivity contribution in [2.24, 2.45) is 0 Å². The number of unbranched alkanes of at least 4 members (excludes halogenated alkanes) is 31. The lowest BCUT2D eigenvalue weighted by molar-refractivity contribution is -0.167. The standard InChI is InChI=1S/C70H120O6/c1-4-7-10-13-16-19-22-24-26-28-30-32-34-35-37-38-40-42-44-46-48-51-54-57-60-63-69(72)75-66-67(65-74-68(71)62-59-56-53-50-21-18-15-12-9-6-3)76-70(73)64-61-58-55-52-49-47-45-43-41-39-36-33-31-29-27-25-23-20-17-14-11-8-5-2/h7,10,12,15-16,19,24,26,29-32,35,37,40,42,67H,4-6,8-9,11,13-14,17-18,20-23,25,27-28,33-34,36,38-39,41,43-66H2,1-3H3/b10-7-,15-12-,19-16-,26-24-,31-29-,32-30-,37-35-,42-40-. The maximum atomic E-state index is 12.9. The van der Waals surface area contributed by atoms with E-state index < -0.39 is 6.10 Å². The van der Waals surface area contributed by atoms with Crippen LogP contribution < -0.4 is 0 Å². The predicted octanol–water partition coefficient (Wildman–Crippen LogP) is 22.0. The number of allylic oxidation sites excluding steroid dienone is 16. The Morgan fingerprint density at radius 1 is 0.276 bits per heavy atom. The number of carbonyl (C=O) groups is 3. The molecular formula is C70H120O6. The Kier molecular flexibility index (Phi) is 60.8. The van der Waals surface area contributed by atoms with Gasteiger partial charge in [0, 0.05) is 19.3 Å². The zero-order valence-electron chi connectivity index (χ0n) is 50.0. The molecule has 0 aliphatic heterocycles. The monoisotopic (exact) mass is 1060 g/mol. The third-order valence-corrected chi connectivity index (χ3v) is 13.8. The van der Waals surface area contributed by atoms with Gasteiger partial charge in [-0.25, -0.2) is 0 Å². The van der Waals surface area contributed by atoms with Crippen molar-refractivity contribution >= 4 is 17.9 Å². The van der Waals surface area contributed by atoms with Gasteiger partial charge in [0.1, 0.15) is 13.2 Å². The average Bonchev–Trinajstić information content (AvgIpc) is 3.42. The van der Waals surface area contributed by atoms with Crippen LogP contribution in [0.4, 0.5) is 0 Å². The van der Waals surface area contributed by atoms with Crippen molar-refractivity contribution in [1.82, 2.24) is 0 Å². The average molecular weight is 1060 g/mol. The quantitative estimate of drug-likeness (QED) is 0.0261. The molecule has 0 aliphatic carbocycles. The summed E-state index contributed by atoms with van der Waals surface area (Å²) in [6.45, 7) is 6.47. The van der Waals surface area contributed by atoms with Gasteiger partial charge in [0.25, 0.3) is 0 Å². The Balaban J connectivity index is 4.29. The van der Waals surface area contributed by atoms with Gasteiger partial charge in [-0.1, -0.05) is 272 Å². The highest BCUT2D eigenvalue weighted by atomic mass is 16.6. The van der Waals surface area contributed by atoms with Gasteiger partial charge in [0.15, 0.2) is 6.10 Å². The number of esters is 3. The first kappa shape index (κ1) is 72.3. The maximum absolute atomic E-state index is 12.9. The molecule has 0 radical (unpaired) electrons. The van der Waals surface area contributed by atoms with Gasteiger partial charge in [-0.2, -0.15) is 0 Å². The highest BCUT2D eigenvalue weighted by molar-refractivity contribution is 5.71. The lowest BCUT2D eigenvalue weighted by Gasteiger charge is -2.18. The highest BCUT2D eigenvalue weighted by Crippen LogP contribution is 2.16. The topological polar surface area (TPSA) is 78.9 Å². The smallest absolute Gasteiger partial charge is 0.306 e. The minimum absolute atomic E-state index is 0.0863. The van der Waals surface area contributed by atoms with Gasteiger partial charge in [0.05, 0.1) is 0 Å². The van der Waals surface area contributed by atoms with Crippen LogP contribution in [0.3, 0.4) is 0 Å². The van der Waals surface area contributed by atoms with E-state index in [1.165, 1.54) is 148 Å². The van der Waals surface area contributed by atoms with Crippen LogP contribution in [-0.2, 0) is 28.6 Å². The molecule has 1 unspecified atom stereocenters. The molecule has 0 aliphatic rings. The normalized spacial score (nSPS) is 12.7. The fraction of sp³-hybridized carbons (Fsp3) is 0.729. The van der Waals surface area contributed by atoms with E-state index in [4.69, 9.17) is 14.2 Å². The van der Waals surface area contributed by atoms with Gasteiger partial charge in [-0.3, -0.25) is 14.4 Å². The van der Waals surface area contributed by atoms with Crippen molar-refractivity contribution in [2.75, 3.05) is 13.2 Å². The number of ether oxygens (including phenoxy) is 3. The second-order valence-electron chi connectivity index (χ2n) is 21.3. The lowest BCUT2D eigenvalue weighted by atomic mass is 10.0. The molecule has 0 heterocycles.